The van der Waals surface area contributed by atoms with Crippen molar-refractivity contribution in [3.05, 3.63) is 65.5 Å². The Morgan fingerprint density at radius 3 is 2.43 bits per heavy atom. The van der Waals surface area contributed by atoms with Crippen molar-refractivity contribution in [2.75, 3.05) is 5.32 Å². The van der Waals surface area contributed by atoms with Crippen molar-refractivity contribution in [2.24, 2.45) is 0 Å². The summed E-state index contributed by atoms with van der Waals surface area (Å²) in [6.07, 6.45) is 1.58. The highest BCUT2D eigenvalue weighted by Gasteiger charge is 2.23. The molecule has 0 radical (unpaired) electrons. The molecule has 0 heterocycles. The van der Waals surface area contributed by atoms with Crippen LogP contribution < -0.4 is 16.0 Å². The Morgan fingerprint density at radius 2 is 1.82 bits per heavy atom. The minimum absolute atomic E-state index is 0.235. The van der Waals surface area contributed by atoms with Gasteiger partial charge in [-0.05, 0) is 54.8 Å². The van der Waals surface area contributed by atoms with E-state index in [2.05, 4.69) is 16.0 Å². The minimum atomic E-state index is -1.12. The van der Waals surface area contributed by atoms with E-state index in [-0.39, 0.29) is 18.5 Å². The number of anilines is 1. The van der Waals surface area contributed by atoms with Gasteiger partial charge in [-0.3, -0.25) is 9.59 Å². The lowest BCUT2D eigenvalue weighted by Crippen LogP contribution is -2.31. The number of halogens is 1. The van der Waals surface area contributed by atoms with Gasteiger partial charge in [-0.2, -0.15) is 0 Å². The molecule has 0 aliphatic heterocycles. The average Bonchev–Trinajstić information content (AvgIpc) is 3.45. The minimum Gasteiger partial charge on any atom is -0.481 e. The quantitative estimate of drug-likeness (QED) is 0.587. The van der Waals surface area contributed by atoms with Crippen LogP contribution in [0.5, 0.6) is 0 Å². The topological polar surface area (TPSA) is 108 Å². The highest BCUT2D eigenvalue weighted by atomic mass is 19.1. The highest BCUT2D eigenvalue weighted by molar-refractivity contribution is 5.96. The van der Waals surface area contributed by atoms with Crippen molar-refractivity contribution in [1.82, 2.24) is 10.6 Å². The molecule has 1 saturated carbocycles. The maximum Gasteiger partial charge on any atom is 0.319 e. The van der Waals surface area contributed by atoms with E-state index >= 15 is 0 Å². The van der Waals surface area contributed by atoms with Gasteiger partial charge in [-0.25, -0.2) is 9.18 Å². The van der Waals surface area contributed by atoms with E-state index in [1.807, 2.05) is 0 Å². The zero-order valence-electron chi connectivity index (χ0n) is 14.9. The number of rotatable bonds is 7. The number of hydrogen-bond donors (Lipinski definition) is 4. The number of urea groups is 1. The van der Waals surface area contributed by atoms with Crippen LogP contribution in [0.2, 0.25) is 0 Å². The number of aliphatic carboxylic acids is 1. The molecule has 0 unspecified atom stereocenters. The number of carboxylic acid groups (broad SMARTS) is 1. The summed E-state index contributed by atoms with van der Waals surface area (Å²) in [4.78, 5) is 35.3. The van der Waals surface area contributed by atoms with E-state index < -0.39 is 23.7 Å². The third-order valence-corrected chi connectivity index (χ3v) is 4.25. The molecule has 1 atom stereocenters. The molecule has 8 heteroatoms. The summed E-state index contributed by atoms with van der Waals surface area (Å²) in [5.41, 5.74) is 1.19. The predicted molar refractivity (Wildman–Crippen MR) is 100 cm³/mol. The van der Waals surface area contributed by atoms with Gasteiger partial charge in [-0.15, -0.1) is 0 Å². The molecule has 2 aromatic rings. The van der Waals surface area contributed by atoms with Crippen LogP contribution >= 0.6 is 0 Å². The summed E-state index contributed by atoms with van der Waals surface area (Å²) >= 11 is 0. The van der Waals surface area contributed by atoms with Gasteiger partial charge >= 0.3 is 12.0 Å². The van der Waals surface area contributed by atoms with Gasteiger partial charge in [0.2, 0.25) is 0 Å². The molecule has 2 aromatic carbocycles. The summed E-state index contributed by atoms with van der Waals surface area (Å²) in [6.45, 7) is 0. The highest BCUT2D eigenvalue weighted by Crippen LogP contribution is 2.20. The van der Waals surface area contributed by atoms with E-state index in [0.29, 0.717) is 16.8 Å². The van der Waals surface area contributed by atoms with Gasteiger partial charge in [-0.1, -0.05) is 12.1 Å². The molecule has 7 nitrogen and oxygen atoms in total. The standard InChI is InChI=1S/C20H20FN3O4/c21-14-3-1-2-13(10-14)17(11-18(25)26)24-19(27)12-4-6-15(7-5-12)22-20(28)23-16-8-9-16/h1-7,10,16-17H,8-9,11H2,(H,24,27)(H,25,26)(H2,22,23,28)/t17-/m1/s1. The Labute approximate surface area is 160 Å². The SMILES string of the molecule is O=C(O)C[C@@H](NC(=O)c1ccc(NC(=O)NC2CC2)cc1)c1cccc(F)c1. The normalized spacial score (nSPS) is 14.0. The fourth-order valence-corrected chi connectivity index (χ4v) is 2.68. The molecule has 28 heavy (non-hydrogen) atoms. The molecule has 1 fully saturated rings. The third kappa shape index (κ3) is 5.54. The van der Waals surface area contributed by atoms with Crippen molar-refractivity contribution in [2.45, 2.75) is 31.3 Å². The van der Waals surface area contributed by atoms with E-state index in [1.165, 1.54) is 30.3 Å². The van der Waals surface area contributed by atoms with Crippen LogP contribution in [0, 0.1) is 5.82 Å². The summed E-state index contributed by atoms with van der Waals surface area (Å²) in [5.74, 6) is -2.12. The molecule has 0 bridgehead atoms. The second kappa shape index (κ2) is 8.51. The number of carbonyl (C=O) groups excluding carboxylic acids is 2. The number of benzene rings is 2. The van der Waals surface area contributed by atoms with Crippen molar-refractivity contribution in [3.63, 3.8) is 0 Å². The van der Waals surface area contributed by atoms with Crippen LogP contribution in [0.25, 0.3) is 0 Å². The first-order chi connectivity index (χ1) is 13.4. The second-order valence-electron chi connectivity index (χ2n) is 6.63. The van der Waals surface area contributed by atoms with E-state index in [1.54, 1.807) is 18.2 Å². The first-order valence-electron chi connectivity index (χ1n) is 8.86. The maximum atomic E-state index is 13.5. The first-order valence-corrected chi connectivity index (χ1v) is 8.86. The van der Waals surface area contributed by atoms with E-state index in [4.69, 9.17) is 5.11 Å². The Balaban J connectivity index is 1.65. The number of carbonyl (C=O) groups is 3. The van der Waals surface area contributed by atoms with Gasteiger partial charge < -0.3 is 21.1 Å². The molecule has 1 aliphatic carbocycles. The molecule has 146 valence electrons. The fourth-order valence-electron chi connectivity index (χ4n) is 2.68. The van der Waals surface area contributed by atoms with Crippen LogP contribution in [0.4, 0.5) is 14.9 Å². The van der Waals surface area contributed by atoms with Crippen molar-refractivity contribution in [1.29, 1.82) is 0 Å². The molecule has 1 aliphatic rings. The predicted octanol–water partition coefficient (Wildman–Crippen LogP) is 3.06. The smallest absolute Gasteiger partial charge is 0.319 e. The molecular weight excluding hydrogens is 365 g/mol. The molecule has 3 rings (SSSR count). The number of hydrogen-bond acceptors (Lipinski definition) is 3. The Morgan fingerprint density at radius 1 is 1.11 bits per heavy atom. The van der Waals surface area contributed by atoms with Crippen LogP contribution in [-0.4, -0.2) is 29.1 Å². The van der Waals surface area contributed by atoms with Crippen LogP contribution in [0.1, 0.15) is 41.2 Å². The van der Waals surface area contributed by atoms with E-state index in [0.717, 1.165) is 12.8 Å². The first kappa shape index (κ1) is 19.3. The number of carboxylic acids is 1. The van der Waals surface area contributed by atoms with Crippen molar-refractivity contribution < 1.29 is 23.9 Å². The monoisotopic (exact) mass is 385 g/mol. The zero-order valence-corrected chi connectivity index (χ0v) is 14.9. The van der Waals surface area contributed by atoms with Gasteiger partial charge in [0.15, 0.2) is 0 Å². The molecule has 0 aromatic heterocycles. The lowest BCUT2D eigenvalue weighted by atomic mass is 10.0. The third-order valence-electron chi connectivity index (χ3n) is 4.25. The van der Waals surface area contributed by atoms with Crippen LogP contribution in [-0.2, 0) is 4.79 Å². The van der Waals surface area contributed by atoms with E-state index in [9.17, 15) is 18.8 Å². The second-order valence-corrected chi connectivity index (χ2v) is 6.63. The van der Waals surface area contributed by atoms with Crippen LogP contribution in [0.15, 0.2) is 48.5 Å². The van der Waals surface area contributed by atoms with Gasteiger partial charge in [0, 0.05) is 17.3 Å². The maximum absolute atomic E-state index is 13.5. The lowest BCUT2D eigenvalue weighted by Gasteiger charge is -2.18. The lowest BCUT2D eigenvalue weighted by molar-refractivity contribution is -0.137. The summed E-state index contributed by atoms with van der Waals surface area (Å²) in [6, 6.07) is 10.7. The van der Waals surface area contributed by atoms with Crippen molar-refractivity contribution >= 4 is 23.6 Å². The summed E-state index contributed by atoms with van der Waals surface area (Å²) < 4.78 is 13.5. The molecule has 4 N–H and O–H groups in total. The molecule has 3 amide bonds. The Bertz CT molecular complexity index is 881. The summed E-state index contributed by atoms with van der Waals surface area (Å²) in [7, 11) is 0. The number of amides is 3. The van der Waals surface area contributed by atoms with Crippen LogP contribution in [0.3, 0.4) is 0 Å². The van der Waals surface area contributed by atoms with Gasteiger partial charge in [0.05, 0.1) is 12.5 Å². The fraction of sp³-hybridized carbons (Fsp3) is 0.250. The molecular formula is C20H20FN3O4. The number of nitrogens with one attached hydrogen (secondary N) is 3. The molecule has 0 saturated heterocycles. The van der Waals surface area contributed by atoms with Crippen molar-refractivity contribution in [3.8, 4) is 0 Å². The average molecular weight is 385 g/mol. The van der Waals surface area contributed by atoms with Gasteiger partial charge in [0.1, 0.15) is 5.82 Å². The molecule has 0 spiro atoms. The largest absolute Gasteiger partial charge is 0.481 e. The van der Waals surface area contributed by atoms with Gasteiger partial charge in [0.25, 0.3) is 5.91 Å². The summed E-state index contributed by atoms with van der Waals surface area (Å²) in [5, 5.41) is 17.2. The zero-order chi connectivity index (χ0) is 20.1. The Hall–Kier alpha value is -3.42. The Kier molecular flexibility index (Phi) is 5.88.